The Morgan fingerprint density at radius 3 is 2.54 bits per heavy atom. The summed E-state index contributed by atoms with van der Waals surface area (Å²) in [5.74, 6) is 0.934. The van der Waals surface area contributed by atoms with E-state index in [1.54, 1.807) is 18.0 Å². The van der Waals surface area contributed by atoms with Gasteiger partial charge >= 0.3 is 0 Å². The van der Waals surface area contributed by atoms with Crippen LogP contribution in [0.5, 0.6) is 0 Å². The molecule has 0 aliphatic rings. The van der Waals surface area contributed by atoms with Crippen LogP contribution in [0.3, 0.4) is 0 Å². The first-order valence-corrected chi connectivity index (χ1v) is 10.5. The minimum absolute atomic E-state index is 0.365. The summed E-state index contributed by atoms with van der Waals surface area (Å²) in [4.78, 5) is 9.50. The van der Waals surface area contributed by atoms with Crippen LogP contribution in [0.4, 0.5) is 5.69 Å². The standard InChI is InChI=1S/C23H32N4S/c1-7-10-16(4)14-27-15-18(8-2)22(25)20-12-11-19(13-21(20)24)23(28-9-3)17(5)26-6/h8,11-15,25H,6-7,9-10,24H2,1-5H3/b16-14+,18-8+,23-17-,25-22?,27-15-. The Bertz CT molecular complexity index is 829. The molecule has 1 aromatic carbocycles. The predicted molar refractivity (Wildman–Crippen MR) is 129 cm³/mol. The van der Waals surface area contributed by atoms with Crippen molar-refractivity contribution in [2.75, 3.05) is 11.5 Å². The minimum Gasteiger partial charge on any atom is -0.398 e. The average molecular weight is 397 g/mol. The molecule has 0 unspecified atom stereocenters. The second-order valence-electron chi connectivity index (χ2n) is 6.43. The van der Waals surface area contributed by atoms with Gasteiger partial charge in [-0.25, -0.2) is 0 Å². The van der Waals surface area contributed by atoms with Gasteiger partial charge in [-0.1, -0.05) is 44.1 Å². The number of nitrogens with zero attached hydrogens (tertiary/aromatic N) is 2. The number of anilines is 1. The van der Waals surface area contributed by atoms with Crippen molar-refractivity contribution in [2.45, 2.75) is 47.5 Å². The van der Waals surface area contributed by atoms with E-state index in [9.17, 15) is 0 Å². The van der Waals surface area contributed by atoms with Crippen molar-refractivity contribution in [2.24, 2.45) is 9.98 Å². The maximum Gasteiger partial charge on any atom is 0.0717 e. The second kappa shape index (κ2) is 12.1. The van der Waals surface area contributed by atoms with Crippen molar-refractivity contribution in [3.05, 3.63) is 58.4 Å². The van der Waals surface area contributed by atoms with Crippen LogP contribution in [0, 0.1) is 5.41 Å². The van der Waals surface area contributed by atoms with Gasteiger partial charge in [-0.3, -0.25) is 15.4 Å². The molecule has 0 bridgehead atoms. The number of allylic oxidation sites excluding steroid dienone is 4. The summed E-state index contributed by atoms with van der Waals surface area (Å²) in [6, 6.07) is 5.80. The first-order chi connectivity index (χ1) is 13.4. The fourth-order valence-electron chi connectivity index (χ4n) is 2.69. The highest BCUT2D eigenvalue weighted by Crippen LogP contribution is 2.33. The summed E-state index contributed by atoms with van der Waals surface area (Å²) in [7, 11) is 0. The average Bonchev–Trinajstić information content (AvgIpc) is 2.68. The van der Waals surface area contributed by atoms with Gasteiger partial charge in [0.15, 0.2) is 0 Å². The number of hydrogen-bond acceptors (Lipinski definition) is 5. The third kappa shape index (κ3) is 6.64. The first-order valence-electron chi connectivity index (χ1n) is 9.54. The molecule has 0 atom stereocenters. The van der Waals surface area contributed by atoms with Crippen LogP contribution in [-0.4, -0.2) is 24.4 Å². The molecule has 0 amide bonds. The van der Waals surface area contributed by atoms with E-state index in [-0.39, 0.29) is 0 Å². The van der Waals surface area contributed by atoms with Gasteiger partial charge < -0.3 is 5.73 Å². The lowest BCUT2D eigenvalue weighted by atomic mass is 9.99. The second-order valence-corrected chi connectivity index (χ2v) is 7.70. The smallest absolute Gasteiger partial charge is 0.0717 e. The molecule has 0 fully saturated rings. The SMILES string of the molecule is C=N/C(C)=C(\SCC)c1ccc(C(=N)C(/C=N\C=C(/C)CCC)=C/C)c(N)c1. The number of hydrogen-bond donors (Lipinski definition) is 2. The highest BCUT2D eigenvalue weighted by molar-refractivity contribution is 8.08. The highest BCUT2D eigenvalue weighted by Gasteiger charge is 2.12. The molecular formula is C23H32N4S. The van der Waals surface area contributed by atoms with Crippen molar-refractivity contribution >= 4 is 41.0 Å². The quantitative estimate of drug-likeness (QED) is 0.350. The fourth-order valence-corrected chi connectivity index (χ4v) is 3.54. The molecule has 0 aliphatic carbocycles. The summed E-state index contributed by atoms with van der Waals surface area (Å²) in [6.45, 7) is 13.8. The Labute approximate surface area is 174 Å². The first kappa shape index (κ1) is 23.6. The summed E-state index contributed by atoms with van der Waals surface area (Å²) in [5, 5.41) is 8.57. The number of thioether (sulfide) groups is 1. The van der Waals surface area contributed by atoms with Crippen molar-refractivity contribution in [1.82, 2.24) is 0 Å². The molecule has 150 valence electrons. The summed E-state index contributed by atoms with van der Waals surface area (Å²) in [6.07, 6.45) is 7.58. The molecule has 5 heteroatoms. The topological polar surface area (TPSA) is 74.6 Å². The minimum atomic E-state index is 0.365. The maximum atomic E-state index is 8.57. The van der Waals surface area contributed by atoms with Crippen molar-refractivity contribution in [3.8, 4) is 0 Å². The van der Waals surface area contributed by atoms with E-state index in [2.05, 4.69) is 37.5 Å². The normalized spacial score (nSPS) is 13.6. The fraction of sp³-hybridized carbons (Fsp3) is 0.348. The third-order valence-electron chi connectivity index (χ3n) is 4.19. The van der Waals surface area contributed by atoms with Crippen LogP contribution in [0.2, 0.25) is 0 Å². The zero-order valence-corrected chi connectivity index (χ0v) is 18.5. The molecule has 1 rings (SSSR count). The molecule has 0 aromatic heterocycles. The van der Waals surface area contributed by atoms with Gasteiger partial charge in [0.05, 0.1) is 11.4 Å². The number of nitrogens with one attached hydrogen (secondary N) is 1. The number of benzene rings is 1. The number of aliphatic imine (C=N–C) groups is 2. The van der Waals surface area contributed by atoms with Gasteiger partial charge in [-0.05, 0) is 51.3 Å². The van der Waals surface area contributed by atoms with Gasteiger partial charge in [-0.2, -0.15) is 0 Å². The Hall–Kier alpha value is -2.40. The lowest BCUT2D eigenvalue weighted by molar-refractivity contribution is 0.902. The number of nitrogens with two attached hydrogens (primary N) is 1. The molecule has 0 aliphatic heterocycles. The van der Waals surface area contributed by atoms with E-state index in [4.69, 9.17) is 11.1 Å². The zero-order chi connectivity index (χ0) is 21.1. The predicted octanol–water partition coefficient (Wildman–Crippen LogP) is 6.50. The lowest BCUT2D eigenvalue weighted by Crippen LogP contribution is -2.08. The third-order valence-corrected chi connectivity index (χ3v) is 5.30. The highest BCUT2D eigenvalue weighted by atomic mass is 32.2. The molecular weight excluding hydrogens is 364 g/mol. The summed E-state index contributed by atoms with van der Waals surface area (Å²) >= 11 is 1.71. The molecule has 3 N–H and O–H groups in total. The largest absolute Gasteiger partial charge is 0.398 e. The molecule has 0 saturated carbocycles. The Balaban J connectivity index is 3.17. The van der Waals surface area contributed by atoms with E-state index in [0.717, 1.165) is 40.3 Å². The van der Waals surface area contributed by atoms with Crippen molar-refractivity contribution in [3.63, 3.8) is 0 Å². The van der Waals surface area contributed by atoms with Gasteiger partial charge in [0.2, 0.25) is 0 Å². The van der Waals surface area contributed by atoms with Gasteiger partial charge in [0, 0.05) is 34.1 Å². The van der Waals surface area contributed by atoms with Gasteiger partial charge in [0.25, 0.3) is 0 Å². The Morgan fingerprint density at radius 2 is 2.00 bits per heavy atom. The molecule has 0 radical (unpaired) electrons. The van der Waals surface area contributed by atoms with E-state index in [0.29, 0.717) is 17.0 Å². The van der Waals surface area contributed by atoms with Gasteiger partial charge in [0.1, 0.15) is 0 Å². The molecule has 0 saturated heterocycles. The van der Waals surface area contributed by atoms with Crippen molar-refractivity contribution in [1.29, 1.82) is 5.41 Å². The molecule has 28 heavy (non-hydrogen) atoms. The Kier molecular flexibility index (Phi) is 10.2. The number of nitrogen functional groups attached to an aromatic ring is 1. The van der Waals surface area contributed by atoms with Crippen LogP contribution in [0.1, 0.15) is 58.6 Å². The van der Waals surface area contributed by atoms with Crippen LogP contribution in [0.25, 0.3) is 4.91 Å². The zero-order valence-electron chi connectivity index (χ0n) is 17.7. The van der Waals surface area contributed by atoms with Crippen LogP contribution >= 0.6 is 11.8 Å². The van der Waals surface area contributed by atoms with E-state index < -0.39 is 0 Å². The Morgan fingerprint density at radius 1 is 1.29 bits per heavy atom. The molecule has 0 heterocycles. The maximum absolute atomic E-state index is 8.57. The van der Waals surface area contributed by atoms with Gasteiger partial charge in [-0.15, -0.1) is 11.8 Å². The monoisotopic (exact) mass is 396 g/mol. The van der Waals surface area contributed by atoms with Crippen LogP contribution in [0.15, 0.2) is 57.3 Å². The summed E-state index contributed by atoms with van der Waals surface area (Å²) < 4.78 is 0. The van der Waals surface area contributed by atoms with Crippen LogP contribution < -0.4 is 5.73 Å². The van der Waals surface area contributed by atoms with E-state index >= 15 is 0 Å². The van der Waals surface area contributed by atoms with Crippen molar-refractivity contribution < 1.29 is 0 Å². The molecule has 1 aromatic rings. The van der Waals surface area contributed by atoms with E-state index in [1.165, 1.54) is 5.57 Å². The molecule has 0 spiro atoms. The number of rotatable bonds is 10. The lowest BCUT2D eigenvalue weighted by Gasteiger charge is -2.13. The molecule has 4 nitrogen and oxygen atoms in total. The summed E-state index contributed by atoms with van der Waals surface area (Å²) in [5.41, 5.74) is 11.8. The van der Waals surface area contributed by atoms with E-state index in [1.807, 2.05) is 44.3 Å². The van der Waals surface area contributed by atoms with Crippen LogP contribution in [-0.2, 0) is 0 Å².